The number of carboxylic acids is 1. The molecule has 12 heavy (non-hydrogen) atoms. The maximum absolute atomic E-state index is 10.5. The zero-order valence-electron chi connectivity index (χ0n) is 7.40. The molecule has 0 saturated carbocycles. The number of rotatable bonds is 2. The normalized spacial score (nSPS) is 26.8. The summed E-state index contributed by atoms with van der Waals surface area (Å²) < 4.78 is 0. The Morgan fingerprint density at radius 1 is 1.50 bits per heavy atom. The standard InChI is InChI=1S/C6H14N4O2/c1-4(2)10-8-5(6(11)12)7-9(10)3/h4-5,7-8H,1-3H3,(H,11,12). The molecule has 0 spiro atoms. The van der Waals surface area contributed by atoms with Gasteiger partial charge in [0.15, 0.2) is 6.17 Å². The number of hydrogen-bond donors (Lipinski definition) is 3. The molecule has 1 fully saturated rings. The zero-order valence-corrected chi connectivity index (χ0v) is 7.40. The van der Waals surface area contributed by atoms with Gasteiger partial charge in [-0.25, -0.2) is 15.6 Å². The van der Waals surface area contributed by atoms with Gasteiger partial charge in [-0.3, -0.25) is 0 Å². The molecule has 0 aromatic rings. The minimum Gasteiger partial charge on any atom is -0.479 e. The van der Waals surface area contributed by atoms with E-state index in [0.29, 0.717) is 0 Å². The van der Waals surface area contributed by atoms with E-state index in [9.17, 15) is 4.79 Å². The first-order chi connectivity index (χ1) is 5.52. The Hall–Kier alpha value is -0.690. The topological polar surface area (TPSA) is 67.8 Å². The maximum atomic E-state index is 10.5. The van der Waals surface area contributed by atoms with Gasteiger partial charge >= 0.3 is 5.97 Å². The number of carboxylic acid groups (broad SMARTS) is 1. The highest BCUT2D eigenvalue weighted by Crippen LogP contribution is 2.03. The van der Waals surface area contributed by atoms with Crippen LogP contribution in [0, 0.1) is 0 Å². The van der Waals surface area contributed by atoms with Crippen LogP contribution in [0.15, 0.2) is 0 Å². The highest BCUT2D eigenvalue weighted by atomic mass is 16.4. The lowest BCUT2D eigenvalue weighted by atomic mass is 10.4. The summed E-state index contributed by atoms with van der Waals surface area (Å²) in [7, 11) is 1.76. The zero-order chi connectivity index (χ0) is 9.30. The van der Waals surface area contributed by atoms with Crippen LogP contribution in [-0.2, 0) is 4.79 Å². The summed E-state index contributed by atoms with van der Waals surface area (Å²) in [6.45, 7) is 3.94. The lowest BCUT2D eigenvalue weighted by Gasteiger charge is -2.25. The van der Waals surface area contributed by atoms with Crippen molar-refractivity contribution in [3.8, 4) is 0 Å². The van der Waals surface area contributed by atoms with Crippen molar-refractivity contribution in [3.63, 3.8) is 0 Å². The van der Waals surface area contributed by atoms with Crippen LogP contribution in [0.2, 0.25) is 0 Å². The van der Waals surface area contributed by atoms with E-state index in [1.807, 2.05) is 13.8 Å². The molecule has 1 heterocycles. The van der Waals surface area contributed by atoms with E-state index in [1.165, 1.54) is 0 Å². The summed E-state index contributed by atoms with van der Waals surface area (Å²) in [6, 6.07) is 0.215. The number of carbonyl (C=O) groups is 1. The molecule has 0 aliphatic carbocycles. The average molecular weight is 174 g/mol. The molecule has 6 nitrogen and oxygen atoms in total. The average Bonchev–Trinajstić information content (AvgIpc) is 2.30. The van der Waals surface area contributed by atoms with Crippen LogP contribution in [0.25, 0.3) is 0 Å². The minimum atomic E-state index is -0.912. The molecule has 6 heteroatoms. The van der Waals surface area contributed by atoms with Crippen molar-refractivity contribution in [1.82, 2.24) is 21.1 Å². The van der Waals surface area contributed by atoms with Gasteiger partial charge in [0, 0.05) is 13.1 Å². The molecule has 1 unspecified atom stereocenters. The fraction of sp³-hybridized carbons (Fsp3) is 0.833. The monoisotopic (exact) mass is 174 g/mol. The molecule has 0 radical (unpaired) electrons. The van der Waals surface area contributed by atoms with Crippen molar-refractivity contribution < 1.29 is 9.90 Å². The summed E-state index contributed by atoms with van der Waals surface area (Å²) >= 11 is 0. The van der Waals surface area contributed by atoms with Crippen LogP contribution in [0.1, 0.15) is 13.8 Å². The predicted molar refractivity (Wildman–Crippen MR) is 42.4 cm³/mol. The summed E-state index contributed by atoms with van der Waals surface area (Å²) in [5.74, 6) is -0.912. The van der Waals surface area contributed by atoms with Gasteiger partial charge in [-0.05, 0) is 13.8 Å². The van der Waals surface area contributed by atoms with Crippen LogP contribution in [0.3, 0.4) is 0 Å². The fourth-order valence-corrected chi connectivity index (χ4v) is 1.10. The van der Waals surface area contributed by atoms with E-state index in [-0.39, 0.29) is 6.04 Å². The molecule has 0 aromatic carbocycles. The van der Waals surface area contributed by atoms with Gasteiger partial charge in [-0.15, -0.1) is 0 Å². The molecular formula is C6H14N4O2. The maximum Gasteiger partial charge on any atom is 0.338 e. The summed E-state index contributed by atoms with van der Waals surface area (Å²) in [6.07, 6.45) is -0.725. The smallest absolute Gasteiger partial charge is 0.338 e. The van der Waals surface area contributed by atoms with Crippen LogP contribution >= 0.6 is 0 Å². The highest BCUT2D eigenvalue weighted by Gasteiger charge is 2.32. The molecule has 0 amide bonds. The van der Waals surface area contributed by atoms with E-state index in [0.717, 1.165) is 0 Å². The van der Waals surface area contributed by atoms with Gasteiger partial charge in [-0.2, -0.15) is 10.2 Å². The first-order valence-electron chi connectivity index (χ1n) is 3.80. The number of hydrogen-bond acceptors (Lipinski definition) is 5. The van der Waals surface area contributed by atoms with Crippen LogP contribution in [-0.4, -0.2) is 40.6 Å². The Kier molecular flexibility index (Phi) is 2.63. The minimum absolute atomic E-state index is 0.215. The van der Waals surface area contributed by atoms with Crippen LogP contribution in [0.5, 0.6) is 0 Å². The molecule has 1 rings (SSSR count). The molecule has 1 aliphatic rings. The lowest BCUT2D eigenvalue weighted by molar-refractivity contribution is -0.140. The predicted octanol–water partition coefficient (Wildman–Crippen LogP) is -1.02. The van der Waals surface area contributed by atoms with Crippen LogP contribution in [0.4, 0.5) is 0 Å². The summed E-state index contributed by atoms with van der Waals surface area (Å²) in [5.41, 5.74) is 5.52. The van der Waals surface area contributed by atoms with Crippen molar-refractivity contribution >= 4 is 5.97 Å². The Bertz CT molecular complexity index is 184. The van der Waals surface area contributed by atoms with E-state index >= 15 is 0 Å². The summed E-state index contributed by atoms with van der Waals surface area (Å²) in [4.78, 5) is 10.5. The van der Waals surface area contributed by atoms with Crippen molar-refractivity contribution in [2.45, 2.75) is 26.1 Å². The van der Waals surface area contributed by atoms with Gasteiger partial charge in [-0.1, -0.05) is 0 Å². The van der Waals surface area contributed by atoms with Crippen molar-refractivity contribution in [2.75, 3.05) is 7.05 Å². The first kappa shape index (κ1) is 9.40. The Morgan fingerprint density at radius 2 is 2.08 bits per heavy atom. The number of hydrazine groups is 3. The molecule has 1 saturated heterocycles. The van der Waals surface area contributed by atoms with E-state index < -0.39 is 12.1 Å². The largest absolute Gasteiger partial charge is 0.479 e. The van der Waals surface area contributed by atoms with Gasteiger partial charge in [0.25, 0.3) is 0 Å². The molecule has 1 aliphatic heterocycles. The van der Waals surface area contributed by atoms with Crippen molar-refractivity contribution in [1.29, 1.82) is 0 Å². The van der Waals surface area contributed by atoms with Crippen LogP contribution < -0.4 is 10.9 Å². The Labute approximate surface area is 71.0 Å². The molecular weight excluding hydrogens is 160 g/mol. The van der Waals surface area contributed by atoms with Crippen molar-refractivity contribution in [2.24, 2.45) is 0 Å². The molecule has 70 valence electrons. The second kappa shape index (κ2) is 3.36. The third-order valence-electron chi connectivity index (χ3n) is 1.64. The summed E-state index contributed by atoms with van der Waals surface area (Å²) in [5, 5.41) is 12.0. The lowest BCUT2D eigenvalue weighted by Crippen LogP contribution is -2.46. The SMILES string of the molecule is CC(C)N1NC(C(=O)O)NN1C. The second-order valence-corrected chi connectivity index (χ2v) is 2.99. The van der Waals surface area contributed by atoms with E-state index in [2.05, 4.69) is 10.9 Å². The molecule has 0 aromatic heterocycles. The van der Waals surface area contributed by atoms with E-state index in [4.69, 9.17) is 5.11 Å². The molecule has 0 bridgehead atoms. The van der Waals surface area contributed by atoms with Crippen molar-refractivity contribution in [3.05, 3.63) is 0 Å². The van der Waals surface area contributed by atoms with E-state index in [1.54, 1.807) is 17.3 Å². The third kappa shape index (κ3) is 1.72. The Morgan fingerprint density at radius 3 is 2.33 bits per heavy atom. The van der Waals surface area contributed by atoms with Gasteiger partial charge in [0.1, 0.15) is 0 Å². The quantitative estimate of drug-likeness (QED) is 0.498. The second-order valence-electron chi connectivity index (χ2n) is 2.99. The third-order valence-corrected chi connectivity index (χ3v) is 1.64. The number of nitrogens with one attached hydrogen (secondary N) is 2. The number of nitrogens with zero attached hydrogens (tertiary/aromatic N) is 2. The highest BCUT2D eigenvalue weighted by molar-refractivity contribution is 5.72. The fourth-order valence-electron chi connectivity index (χ4n) is 1.10. The number of aliphatic carboxylic acids is 1. The van der Waals surface area contributed by atoms with Gasteiger partial charge < -0.3 is 5.11 Å². The first-order valence-corrected chi connectivity index (χ1v) is 3.80. The molecule has 3 N–H and O–H groups in total. The van der Waals surface area contributed by atoms with Gasteiger partial charge in [0.05, 0.1) is 0 Å². The Balaban J connectivity index is 2.56. The van der Waals surface area contributed by atoms with Gasteiger partial charge in [0.2, 0.25) is 0 Å². The molecule has 1 atom stereocenters.